The van der Waals surface area contributed by atoms with Gasteiger partial charge in [0, 0.05) is 31.6 Å². The van der Waals surface area contributed by atoms with Crippen LogP contribution in [0.5, 0.6) is 0 Å². The number of aliphatic hydroxyl groups is 1. The predicted molar refractivity (Wildman–Crippen MR) is 135 cm³/mol. The summed E-state index contributed by atoms with van der Waals surface area (Å²) in [4.78, 5) is 9.92. The Morgan fingerprint density at radius 3 is 2.83 bits per heavy atom. The van der Waals surface area contributed by atoms with E-state index in [0.29, 0.717) is 17.7 Å². The van der Waals surface area contributed by atoms with Crippen LogP contribution in [0.4, 0.5) is 8.78 Å². The summed E-state index contributed by atoms with van der Waals surface area (Å²) in [7, 11) is 3.73. The molecule has 2 N–H and O–H groups in total. The van der Waals surface area contributed by atoms with E-state index in [9.17, 15) is 13.9 Å². The van der Waals surface area contributed by atoms with Crippen molar-refractivity contribution in [1.29, 1.82) is 0 Å². The summed E-state index contributed by atoms with van der Waals surface area (Å²) in [5.74, 6) is -0.933. The molecular weight excluding hydrogens is 462 g/mol. The standard InChI is InChI=1S/C28H28F2N4O2/c1-31-28-32-23-11-16(6-9-24(23)34(28)25-13-33(2)14-26(25)35)10-20-18-4-3-5-22(30)21(18)15-36-27-12-17(29)7-8-19(20)27/h3-12,19,25-27,35H,13-15H2,1-2H3,(H,31,32)/b20-10+/t19?,25-,26-,27?/m1/s1. The number of likely N-dealkylation sites (N-methyl/N-ethyl adjacent to an activating group) is 1. The summed E-state index contributed by atoms with van der Waals surface area (Å²) < 4.78 is 36.8. The van der Waals surface area contributed by atoms with Crippen molar-refractivity contribution in [2.75, 3.05) is 27.2 Å². The highest BCUT2D eigenvalue weighted by atomic mass is 19.1. The zero-order valence-electron chi connectivity index (χ0n) is 20.2. The number of hydrogen-bond acceptors (Lipinski definition) is 4. The molecule has 6 rings (SSSR count). The number of nitrogens with one attached hydrogen (secondary N) is 1. The van der Waals surface area contributed by atoms with Gasteiger partial charge in [0.1, 0.15) is 11.6 Å². The lowest BCUT2D eigenvalue weighted by molar-refractivity contribution is 0.0585. The molecule has 1 aliphatic carbocycles. The summed E-state index contributed by atoms with van der Waals surface area (Å²) in [6.45, 7) is 1.42. The largest absolute Gasteiger partial charge is 0.390 e. The number of rotatable bonds is 2. The third-order valence-electron chi connectivity index (χ3n) is 7.41. The van der Waals surface area contributed by atoms with E-state index in [1.165, 1.54) is 18.2 Å². The van der Waals surface area contributed by atoms with Crippen LogP contribution in [0.1, 0.15) is 22.7 Å². The van der Waals surface area contributed by atoms with Crippen molar-refractivity contribution >= 4 is 22.7 Å². The Morgan fingerprint density at radius 1 is 1.19 bits per heavy atom. The lowest BCUT2D eigenvalue weighted by atomic mass is 9.83. The zero-order valence-corrected chi connectivity index (χ0v) is 20.2. The lowest BCUT2D eigenvalue weighted by Crippen LogP contribution is -2.30. The van der Waals surface area contributed by atoms with E-state index < -0.39 is 12.2 Å². The van der Waals surface area contributed by atoms with E-state index in [-0.39, 0.29) is 30.2 Å². The molecular formula is C28H28F2N4O2. The minimum absolute atomic E-state index is 0.0767. The fourth-order valence-electron chi connectivity index (χ4n) is 5.70. The number of nitrogens with zero attached hydrogens (tertiary/aromatic N) is 3. The van der Waals surface area contributed by atoms with Crippen LogP contribution in [-0.4, -0.2) is 59.0 Å². The van der Waals surface area contributed by atoms with Crippen molar-refractivity contribution in [3.05, 3.63) is 88.6 Å². The number of β-amino-alcohol motifs (C(OH)–C–C–N with tert-alkyl or cyclic N) is 1. The molecule has 0 bridgehead atoms. The Morgan fingerprint density at radius 2 is 2.06 bits per heavy atom. The third-order valence-corrected chi connectivity index (χ3v) is 7.41. The van der Waals surface area contributed by atoms with Gasteiger partial charge in [0.2, 0.25) is 5.62 Å². The number of hydrogen-bond donors (Lipinski definition) is 2. The normalized spacial score (nSPS) is 27.9. The average molecular weight is 491 g/mol. The Kier molecular flexibility index (Phi) is 5.75. The van der Waals surface area contributed by atoms with Gasteiger partial charge in [0.05, 0.1) is 35.9 Å². The number of allylic oxidation sites excluding steroid dienone is 2. The van der Waals surface area contributed by atoms with Crippen molar-refractivity contribution < 1.29 is 18.6 Å². The molecule has 3 aromatic rings. The van der Waals surface area contributed by atoms with Gasteiger partial charge in [0.15, 0.2) is 0 Å². The number of aliphatic hydroxyl groups excluding tert-OH is 1. The number of H-pyrrole nitrogens is 1. The van der Waals surface area contributed by atoms with Gasteiger partial charge in [-0.1, -0.05) is 30.4 Å². The molecule has 36 heavy (non-hydrogen) atoms. The topological polar surface area (TPSA) is 65.8 Å². The van der Waals surface area contributed by atoms with Crippen LogP contribution in [0.2, 0.25) is 0 Å². The molecule has 1 saturated heterocycles. The Bertz CT molecular complexity index is 1500. The molecule has 0 spiro atoms. The van der Waals surface area contributed by atoms with Gasteiger partial charge in [-0.25, -0.2) is 8.78 Å². The zero-order chi connectivity index (χ0) is 25.0. The molecule has 0 amide bonds. The molecule has 8 heteroatoms. The van der Waals surface area contributed by atoms with Crippen LogP contribution in [0.3, 0.4) is 0 Å². The highest BCUT2D eigenvalue weighted by Crippen LogP contribution is 2.40. The van der Waals surface area contributed by atoms with Crippen LogP contribution in [-0.2, 0) is 11.3 Å². The van der Waals surface area contributed by atoms with Crippen LogP contribution >= 0.6 is 0 Å². The molecule has 3 aliphatic rings. The first-order valence-corrected chi connectivity index (χ1v) is 12.1. The average Bonchev–Trinajstić information content (AvgIpc) is 3.34. The Hall–Kier alpha value is -3.33. The number of halogens is 2. The highest BCUT2D eigenvalue weighted by Gasteiger charge is 2.33. The van der Waals surface area contributed by atoms with Crippen molar-refractivity contribution in [3.63, 3.8) is 0 Å². The molecule has 1 fully saturated rings. The van der Waals surface area contributed by atoms with Crippen molar-refractivity contribution in [1.82, 2.24) is 14.5 Å². The van der Waals surface area contributed by atoms with Crippen molar-refractivity contribution in [2.24, 2.45) is 10.9 Å². The smallest absolute Gasteiger partial charge is 0.203 e. The molecule has 186 valence electrons. The van der Waals surface area contributed by atoms with Gasteiger partial charge in [-0.15, -0.1) is 0 Å². The van der Waals surface area contributed by atoms with Gasteiger partial charge in [-0.2, -0.15) is 0 Å². The van der Waals surface area contributed by atoms with Gasteiger partial charge < -0.3 is 24.3 Å². The first-order chi connectivity index (χ1) is 17.4. The summed E-state index contributed by atoms with van der Waals surface area (Å²) in [6.07, 6.45) is 5.71. The third kappa shape index (κ3) is 3.86. The Balaban J connectivity index is 1.48. The maximum absolute atomic E-state index is 14.8. The molecule has 2 aromatic carbocycles. The van der Waals surface area contributed by atoms with E-state index in [1.807, 2.05) is 37.4 Å². The summed E-state index contributed by atoms with van der Waals surface area (Å²) >= 11 is 0. The molecule has 0 saturated carbocycles. The van der Waals surface area contributed by atoms with E-state index in [0.717, 1.165) is 34.3 Å². The second-order valence-electron chi connectivity index (χ2n) is 9.75. The predicted octanol–water partition coefficient (Wildman–Crippen LogP) is 3.97. The molecule has 4 atom stereocenters. The van der Waals surface area contributed by atoms with Gasteiger partial charge in [-0.3, -0.25) is 4.99 Å². The maximum atomic E-state index is 14.8. The van der Waals surface area contributed by atoms with Crippen LogP contribution in [0.15, 0.2) is 65.4 Å². The van der Waals surface area contributed by atoms with E-state index in [4.69, 9.17) is 4.74 Å². The number of fused-ring (bicyclic) bond motifs is 3. The first kappa shape index (κ1) is 23.1. The highest BCUT2D eigenvalue weighted by molar-refractivity contribution is 5.88. The molecule has 2 aliphatic heterocycles. The van der Waals surface area contributed by atoms with Crippen molar-refractivity contribution in [3.8, 4) is 0 Å². The fraction of sp³-hybridized carbons (Fsp3) is 0.321. The molecule has 1 aromatic heterocycles. The second kappa shape index (κ2) is 8.96. The van der Waals surface area contributed by atoms with E-state index in [2.05, 4.69) is 19.4 Å². The number of likely N-dealkylation sites (tertiary alicyclic amines) is 1. The number of benzene rings is 2. The minimum Gasteiger partial charge on any atom is -0.390 e. The summed E-state index contributed by atoms with van der Waals surface area (Å²) in [5.41, 5.74) is 5.57. The first-order valence-electron chi connectivity index (χ1n) is 12.1. The van der Waals surface area contributed by atoms with Crippen LogP contribution in [0.25, 0.3) is 22.7 Å². The number of imidazole rings is 1. The van der Waals surface area contributed by atoms with E-state index in [1.54, 1.807) is 19.2 Å². The van der Waals surface area contributed by atoms with Crippen LogP contribution in [0, 0.1) is 11.7 Å². The van der Waals surface area contributed by atoms with Crippen molar-refractivity contribution in [2.45, 2.75) is 24.9 Å². The quantitative estimate of drug-likeness (QED) is 0.572. The molecule has 0 radical (unpaired) electrons. The molecule has 6 nitrogen and oxygen atoms in total. The SMILES string of the molecule is C/N=c1\[nH]c2cc(/C=C3\c4cccc(F)c4COC4C=C(F)C=CC34)ccc2n1[C@@H]1CN(C)C[C@H]1O. The van der Waals surface area contributed by atoms with Gasteiger partial charge >= 0.3 is 0 Å². The lowest BCUT2D eigenvalue weighted by Gasteiger charge is -2.24. The van der Waals surface area contributed by atoms with Gasteiger partial charge in [0.25, 0.3) is 0 Å². The summed E-state index contributed by atoms with van der Waals surface area (Å²) in [5, 5.41) is 10.6. The minimum atomic E-state index is -0.518. The molecule has 3 heterocycles. The summed E-state index contributed by atoms with van der Waals surface area (Å²) in [6, 6.07) is 11.0. The van der Waals surface area contributed by atoms with E-state index >= 15 is 0 Å². The van der Waals surface area contributed by atoms with Crippen LogP contribution < -0.4 is 5.62 Å². The maximum Gasteiger partial charge on any atom is 0.203 e. The number of ether oxygens (including phenoxy) is 1. The number of aromatic amines is 1. The second-order valence-corrected chi connectivity index (χ2v) is 9.75. The Labute approximate surface area is 207 Å². The fourth-order valence-corrected chi connectivity index (χ4v) is 5.70. The number of aromatic nitrogens is 2. The van der Waals surface area contributed by atoms with Gasteiger partial charge in [-0.05, 0) is 54.1 Å². The molecule has 2 unspecified atom stereocenters. The monoisotopic (exact) mass is 490 g/mol.